The van der Waals surface area contributed by atoms with E-state index in [0.29, 0.717) is 24.3 Å². The van der Waals surface area contributed by atoms with Crippen LogP contribution in [0.1, 0.15) is 13.3 Å². The average molecular weight is 292 g/mol. The maximum absolute atomic E-state index is 13.6. The fourth-order valence-corrected chi connectivity index (χ4v) is 2.15. The van der Waals surface area contributed by atoms with E-state index in [4.69, 9.17) is 0 Å². The number of rotatable bonds is 6. The first-order valence-electron chi connectivity index (χ1n) is 5.51. The van der Waals surface area contributed by atoms with E-state index >= 15 is 0 Å². The minimum absolute atomic E-state index is 0.297. The van der Waals surface area contributed by atoms with E-state index in [1.54, 1.807) is 13.2 Å². The molecule has 8 heteroatoms. The zero-order valence-electron chi connectivity index (χ0n) is 10.5. The molecule has 1 rings (SSSR count). The molecular formula is C11H14F2N2O3S. The summed E-state index contributed by atoms with van der Waals surface area (Å²) in [5, 5.41) is 13.0. The Morgan fingerprint density at radius 1 is 1.42 bits per heavy atom. The van der Waals surface area contributed by atoms with Crippen molar-refractivity contribution in [1.82, 2.24) is 0 Å². The summed E-state index contributed by atoms with van der Waals surface area (Å²) < 4.78 is 38.0. The Kier molecular flexibility index (Phi) is 5.34. The molecule has 1 aromatic carbocycles. The van der Waals surface area contributed by atoms with E-state index in [2.05, 4.69) is 5.32 Å². The van der Waals surface area contributed by atoms with Crippen molar-refractivity contribution in [3.8, 4) is 0 Å². The molecule has 5 nitrogen and oxygen atoms in total. The lowest BCUT2D eigenvalue weighted by molar-refractivity contribution is -0.385. The fraction of sp³-hybridized carbons (Fsp3) is 0.455. The van der Waals surface area contributed by atoms with Crippen LogP contribution in [0.2, 0.25) is 0 Å². The molecule has 0 aliphatic carbocycles. The number of nitro benzene ring substituents is 1. The van der Waals surface area contributed by atoms with Gasteiger partial charge < -0.3 is 5.32 Å². The molecule has 0 saturated carbocycles. The highest BCUT2D eigenvalue weighted by molar-refractivity contribution is 7.84. The van der Waals surface area contributed by atoms with Crippen LogP contribution in [0.4, 0.5) is 20.2 Å². The highest BCUT2D eigenvalue weighted by atomic mass is 32.2. The predicted molar refractivity (Wildman–Crippen MR) is 69.6 cm³/mol. The standard InChI is InChI=1S/C11H14F2N2O3S/c1-7(3-4-19(2)18)14-11-9(12)5-8(15(16)17)6-10(11)13/h5-7,14H,3-4H2,1-2H3. The quantitative estimate of drug-likeness (QED) is 0.645. The second kappa shape index (κ2) is 6.55. The third-order valence-electron chi connectivity index (χ3n) is 2.47. The van der Waals surface area contributed by atoms with Gasteiger partial charge in [0.05, 0.1) is 17.1 Å². The Balaban J connectivity index is 2.84. The molecule has 0 amide bonds. The van der Waals surface area contributed by atoms with Crippen LogP contribution in [-0.2, 0) is 10.8 Å². The third-order valence-corrected chi connectivity index (χ3v) is 3.28. The molecule has 1 N–H and O–H groups in total. The summed E-state index contributed by atoms with van der Waals surface area (Å²) in [6.45, 7) is 1.69. The first kappa shape index (κ1) is 15.5. The van der Waals surface area contributed by atoms with Crippen LogP contribution in [-0.4, -0.2) is 27.2 Å². The Hall–Kier alpha value is -1.57. The van der Waals surface area contributed by atoms with Gasteiger partial charge in [0, 0.05) is 28.9 Å². The summed E-state index contributed by atoms with van der Waals surface area (Å²) in [6.07, 6.45) is 2.01. The molecule has 0 saturated heterocycles. The van der Waals surface area contributed by atoms with E-state index < -0.39 is 38.7 Å². The molecule has 2 atom stereocenters. The van der Waals surface area contributed by atoms with Gasteiger partial charge >= 0.3 is 0 Å². The number of halogens is 2. The van der Waals surface area contributed by atoms with E-state index in [9.17, 15) is 23.1 Å². The lowest BCUT2D eigenvalue weighted by Crippen LogP contribution is -2.19. The number of nitrogens with zero attached hydrogens (tertiary/aromatic N) is 1. The third kappa shape index (κ3) is 4.55. The molecule has 19 heavy (non-hydrogen) atoms. The lowest BCUT2D eigenvalue weighted by atomic mass is 10.2. The predicted octanol–water partition coefficient (Wildman–Crippen LogP) is 2.44. The van der Waals surface area contributed by atoms with Crippen LogP contribution in [0.15, 0.2) is 12.1 Å². The monoisotopic (exact) mass is 292 g/mol. The number of nitro groups is 1. The van der Waals surface area contributed by atoms with Crippen molar-refractivity contribution >= 4 is 22.2 Å². The van der Waals surface area contributed by atoms with Gasteiger partial charge in [-0.25, -0.2) is 8.78 Å². The largest absolute Gasteiger partial charge is 0.378 e. The summed E-state index contributed by atoms with van der Waals surface area (Å²) in [7, 11) is -0.982. The van der Waals surface area contributed by atoms with Crippen molar-refractivity contribution < 1.29 is 17.9 Å². The minimum atomic E-state index is -1.02. The molecule has 0 bridgehead atoms. The van der Waals surface area contributed by atoms with Gasteiger partial charge in [0.15, 0.2) is 11.6 Å². The first-order valence-corrected chi connectivity index (χ1v) is 7.24. The van der Waals surface area contributed by atoms with E-state index in [0.717, 1.165) is 0 Å². The van der Waals surface area contributed by atoms with Crippen LogP contribution in [0.3, 0.4) is 0 Å². The van der Waals surface area contributed by atoms with Crippen molar-refractivity contribution in [2.45, 2.75) is 19.4 Å². The molecule has 0 aliphatic rings. The number of hydrogen-bond acceptors (Lipinski definition) is 4. The smallest absolute Gasteiger partial charge is 0.275 e. The van der Waals surface area contributed by atoms with Crippen molar-refractivity contribution in [2.75, 3.05) is 17.3 Å². The summed E-state index contributed by atoms with van der Waals surface area (Å²) >= 11 is 0. The van der Waals surface area contributed by atoms with E-state index in [-0.39, 0.29) is 6.04 Å². The molecule has 1 aromatic rings. The van der Waals surface area contributed by atoms with Crippen molar-refractivity contribution in [3.63, 3.8) is 0 Å². The number of benzene rings is 1. The van der Waals surface area contributed by atoms with Gasteiger partial charge in [-0.1, -0.05) is 0 Å². The summed E-state index contributed by atoms with van der Waals surface area (Å²) in [4.78, 5) is 9.57. The zero-order chi connectivity index (χ0) is 14.6. The first-order chi connectivity index (χ1) is 8.81. The fourth-order valence-electron chi connectivity index (χ4n) is 1.46. The number of non-ortho nitro benzene ring substituents is 1. The van der Waals surface area contributed by atoms with Crippen LogP contribution in [0.5, 0.6) is 0 Å². The van der Waals surface area contributed by atoms with E-state index in [1.165, 1.54) is 0 Å². The maximum Gasteiger partial charge on any atom is 0.275 e. The molecule has 0 aliphatic heterocycles. The van der Waals surface area contributed by atoms with Crippen molar-refractivity contribution in [3.05, 3.63) is 33.9 Å². The van der Waals surface area contributed by atoms with Crippen molar-refractivity contribution in [1.29, 1.82) is 0 Å². The maximum atomic E-state index is 13.6. The lowest BCUT2D eigenvalue weighted by Gasteiger charge is -2.15. The summed E-state index contributed by atoms with van der Waals surface area (Å²) in [6, 6.07) is 1.03. The summed E-state index contributed by atoms with van der Waals surface area (Å²) in [5.41, 5.74) is -1.04. The molecule has 0 aromatic heterocycles. The molecule has 0 radical (unpaired) electrons. The summed E-state index contributed by atoms with van der Waals surface area (Å²) in [5.74, 6) is -1.63. The van der Waals surface area contributed by atoms with Crippen molar-refractivity contribution in [2.24, 2.45) is 0 Å². The second-order valence-electron chi connectivity index (χ2n) is 4.15. The van der Waals surface area contributed by atoms with Crippen LogP contribution in [0.25, 0.3) is 0 Å². The minimum Gasteiger partial charge on any atom is -0.378 e. The SMILES string of the molecule is CC(CCS(C)=O)Nc1c(F)cc([N+](=O)[O-])cc1F. The zero-order valence-corrected chi connectivity index (χ0v) is 11.3. The van der Waals surface area contributed by atoms with E-state index in [1.807, 2.05) is 0 Å². The molecule has 0 fully saturated rings. The average Bonchev–Trinajstić information content (AvgIpc) is 2.30. The Bertz CT molecular complexity index is 488. The number of nitrogens with one attached hydrogen (secondary N) is 1. The van der Waals surface area contributed by atoms with Gasteiger partial charge in [-0.3, -0.25) is 14.3 Å². The van der Waals surface area contributed by atoms with Crippen LogP contribution < -0.4 is 5.32 Å². The van der Waals surface area contributed by atoms with Crippen LogP contribution >= 0.6 is 0 Å². The second-order valence-corrected chi connectivity index (χ2v) is 5.71. The molecular weight excluding hydrogens is 278 g/mol. The normalized spacial score (nSPS) is 13.9. The molecule has 2 unspecified atom stereocenters. The van der Waals surface area contributed by atoms with Gasteiger partial charge in [0.2, 0.25) is 0 Å². The van der Waals surface area contributed by atoms with Gasteiger partial charge in [0.1, 0.15) is 5.69 Å². The van der Waals surface area contributed by atoms with Gasteiger partial charge in [-0.2, -0.15) is 0 Å². The van der Waals surface area contributed by atoms with Gasteiger partial charge in [-0.15, -0.1) is 0 Å². The number of hydrogen-bond donors (Lipinski definition) is 1. The Morgan fingerprint density at radius 2 is 1.95 bits per heavy atom. The Labute approximate surface area is 111 Å². The van der Waals surface area contributed by atoms with Gasteiger partial charge in [0.25, 0.3) is 5.69 Å². The Morgan fingerprint density at radius 3 is 2.37 bits per heavy atom. The molecule has 106 valence electrons. The highest BCUT2D eigenvalue weighted by Crippen LogP contribution is 2.25. The topological polar surface area (TPSA) is 72.2 Å². The number of anilines is 1. The molecule has 0 heterocycles. The van der Waals surface area contributed by atoms with Gasteiger partial charge in [-0.05, 0) is 13.3 Å². The van der Waals surface area contributed by atoms with Crippen LogP contribution in [0, 0.1) is 21.7 Å². The molecule has 0 spiro atoms. The highest BCUT2D eigenvalue weighted by Gasteiger charge is 2.18.